The van der Waals surface area contributed by atoms with Gasteiger partial charge in [0.2, 0.25) is 0 Å². The highest BCUT2D eigenvalue weighted by atomic mass is 16.9. The van der Waals surface area contributed by atoms with E-state index in [0.717, 1.165) is 25.7 Å². The number of Topliss-reactive ketones (excluding diaryl/α,β-unsaturated/α-hetero) is 1. The summed E-state index contributed by atoms with van der Waals surface area (Å²) in [7, 11) is 0. The number of hydrogen-bond acceptors (Lipinski definition) is 10. The zero-order valence-electron chi connectivity index (χ0n) is 26.4. The molecule has 3 aliphatic heterocycles. The molecule has 5 fully saturated rings. The molecular weight excluding hydrogens is 568 g/mol. The number of ketones is 1. The van der Waals surface area contributed by atoms with E-state index in [1.54, 1.807) is 45.9 Å². The number of esters is 1. The van der Waals surface area contributed by atoms with Crippen molar-refractivity contribution in [3.05, 3.63) is 48.1 Å². The number of carbonyl (C=O) groups excluding carboxylic acids is 2. The molecule has 10 nitrogen and oxygen atoms in total. The average Bonchev–Trinajstić information content (AvgIpc) is 3.61. The molecule has 3 saturated heterocycles. The van der Waals surface area contributed by atoms with Crippen LogP contribution in [0.2, 0.25) is 0 Å². The molecular formula is C34H46O10. The first-order chi connectivity index (χ1) is 20.7. The first kappa shape index (κ1) is 31.8. The number of epoxide rings is 1. The van der Waals surface area contributed by atoms with E-state index in [-0.39, 0.29) is 5.57 Å². The SMILES string of the molecule is C=C(C)[C@@]12OC3(/C=C/C=C/CCCCC)O[C@@H]1[C@@H]1[C@@H]4O[C@]4(CO)[C@@H](O)[C@]4(O)C(=O)C(C)=C[C@H]4[C@@]1(O3)[C@H](C)[C@H]2OC(=O)C(C)C. The highest BCUT2D eigenvalue weighted by molar-refractivity contribution is 6.05. The molecule has 2 saturated carbocycles. The molecule has 44 heavy (non-hydrogen) atoms. The number of unbranched alkanes of at least 4 members (excludes halogenated alkanes) is 3. The third kappa shape index (κ3) is 3.85. The second-order valence-electron chi connectivity index (χ2n) is 13.9. The minimum atomic E-state index is -2.39. The van der Waals surface area contributed by atoms with Gasteiger partial charge in [0, 0.05) is 23.8 Å². The Morgan fingerprint density at radius 2 is 1.91 bits per heavy atom. The zero-order valence-corrected chi connectivity index (χ0v) is 26.4. The Balaban J connectivity index is 1.55. The van der Waals surface area contributed by atoms with Crippen molar-refractivity contribution < 1.29 is 48.6 Å². The Kier molecular flexibility index (Phi) is 7.53. The summed E-state index contributed by atoms with van der Waals surface area (Å²) >= 11 is 0. The molecule has 0 amide bonds. The highest BCUT2D eigenvalue weighted by Gasteiger charge is 2.90. The number of ether oxygens (including phenoxy) is 5. The summed E-state index contributed by atoms with van der Waals surface area (Å²) in [5.41, 5.74) is -6.16. The number of aliphatic hydroxyl groups is 3. The Morgan fingerprint density at radius 1 is 1.18 bits per heavy atom. The first-order valence-electron chi connectivity index (χ1n) is 15.9. The van der Waals surface area contributed by atoms with E-state index in [4.69, 9.17) is 23.7 Å². The number of rotatable bonds is 10. The highest BCUT2D eigenvalue weighted by Crippen LogP contribution is 2.73. The summed E-state index contributed by atoms with van der Waals surface area (Å²) in [6, 6.07) is 0. The minimum absolute atomic E-state index is 0.250. The van der Waals surface area contributed by atoms with Crippen molar-refractivity contribution in [3.8, 4) is 0 Å². The van der Waals surface area contributed by atoms with Gasteiger partial charge in [-0.2, -0.15) is 0 Å². The van der Waals surface area contributed by atoms with Gasteiger partial charge in [-0.3, -0.25) is 9.59 Å². The van der Waals surface area contributed by atoms with Crippen LogP contribution in [-0.2, 0) is 33.3 Å². The normalized spacial score (nSPS) is 48.4. The predicted octanol–water partition coefficient (Wildman–Crippen LogP) is 3.05. The molecule has 242 valence electrons. The summed E-state index contributed by atoms with van der Waals surface area (Å²) in [4.78, 5) is 27.0. The molecule has 3 bridgehead atoms. The molecule has 3 heterocycles. The third-order valence-corrected chi connectivity index (χ3v) is 11.0. The third-order valence-electron chi connectivity index (χ3n) is 11.0. The van der Waals surface area contributed by atoms with Crippen molar-refractivity contribution >= 4 is 11.8 Å². The molecule has 6 rings (SSSR count). The van der Waals surface area contributed by atoms with Gasteiger partial charge in [0.1, 0.15) is 30.0 Å². The monoisotopic (exact) mass is 614 g/mol. The number of aliphatic hydroxyl groups excluding tert-OH is 2. The Morgan fingerprint density at radius 3 is 2.55 bits per heavy atom. The van der Waals surface area contributed by atoms with Gasteiger partial charge in [0.25, 0.3) is 0 Å². The first-order valence-corrected chi connectivity index (χ1v) is 15.9. The van der Waals surface area contributed by atoms with E-state index < -0.39 is 94.8 Å². The number of hydrogen-bond donors (Lipinski definition) is 3. The van der Waals surface area contributed by atoms with Crippen molar-refractivity contribution in [2.75, 3.05) is 6.61 Å². The van der Waals surface area contributed by atoms with E-state index in [1.807, 2.05) is 19.1 Å². The number of fused-ring (bicyclic) bond motifs is 3. The maximum absolute atomic E-state index is 13.7. The lowest BCUT2D eigenvalue weighted by atomic mass is 9.53. The Hall–Kier alpha value is -2.18. The van der Waals surface area contributed by atoms with Crippen molar-refractivity contribution in [2.24, 2.45) is 23.7 Å². The molecule has 3 aliphatic carbocycles. The summed E-state index contributed by atoms with van der Waals surface area (Å²) in [5, 5.41) is 34.7. The van der Waals surface area contributed by atoms with Gasteiger partial charge in [0.05, 0.1) is 18.1 Å². The van der Waals surface area contributed by atoms with Crippen LogP contribution < -0.4 is 0 Å². The summed E-state index contributed by atoms with van der Waals surface area (Å²) in [5.74, 6) is -5.98. The van der Waals surface area contributed by atoms with E-state index in [2.05, 4.69) is 13.5 Å². The fourth-order valence-corrected chi connectivity index (χ4v) is 8.75. The lowest BCUT2D eigenvalue weighted by Gasteiger charge is -2.61. The molecule has 12 atom stereocenters. The second-order valence-corrected chi connectivity index (χ2v) is 13.9. The van der Waals surface area contributed by atoms with Crippen molar-refractivity contribution in [3.63, 3.8) is 0 Å². The standard InChI is InChI=1S/C34H46O10/c1-8-9-10-11-12-13-14-15-31-42-27-23-26-30(17-35,41-26)29(38)32(39)22(16-20(6)24(32)36)34(23,44-31)21(7)25(40-28(37)18(2)3)33(27,43-31)19(4)5/h12-16,18,21-23,25-27,29,35,38-39H,4,8-11,17H2,1-3,5-7H3/b13-12+,15-14+/t21-,22-,23+,25-,26+,27-,29-,30+,31?,32-,33+,34+/m1/s1. The van der Waals surface area contributed by atoms with Crippen LogP contribution in [0.15, 0.2) is 48.1 Å². The van der Waals surface area contributed by atoms with E-state index in [9.17, 15) is 24.9 Å². The van der Waals surface area contributed by atoms with E-state index in [0.29, 0.717) is 5.57 Å². The van der Waals surface area contributed by atoms with Crippen molar-refractivity contribution in [2.45, 2.75) is 120 Å². The summed E-state index contributed by atoms with van der Waals surface area (Å²) in [6.45, 7) is 14.5. The Labute approximate surface area is 258 Å². The maximum Gasteiger partial charge on any atom is 0.308 e. The van der Waals surface area contributed by atoms with Crippen LogP contribution in [0.5, 0.6) is 0 Å². The topological polar surface area (TPSA) is 144 Å². The molecule has 3 N–H and O–H groups in total. The largest absolute Gasteiger partial charge is 0.458 e. The van der Waals surface area contributed by atoms with Crippen molar-refractivity contribution in [1.29, 1.82) is 0 Å². The van der Waals surface area contributed by atoms with Crippen LogP contribution in [0.3, 0.4) is 0 Å². The smallest absolute Gasteiger partial charge is 0.308 e. The lowest BCUT2D eigenvalue weighted by Crippen LogP contribution is -2.76. The van der Waals surface area contributed by atoms with Crippen LogP contribution in [0.25, 0.3) is 0 Å². The van der Waals surface area contributed by atoms with E-state index in [1.165, 1.54) is 0 Å². The Bertz CT molecular complexity index is 1330. The van der Waals surface area contributed by atoms with Crippen LogP contribution in [0.1, 0.15) is 67.2 Å². The van der Waals surface area contributed by atoms with Gasteiger partial charge in [0.15, 0.2) is 17.0 Å². The second kappa shape index (κ2) is 10.4. The van der Waals surface area contributed by atoms with Crippen molar-refractivity contribution in [1.82, 2.24) is 0 Å². The summed E-state index contributed by atoms with van der Waals surface area (Å²) < 4.78 is 32.9. The average molecular weight is 615 g/mol. The van der Waals surface area contributed by atoms with Gasteiger partial charge >= 0.3 is 11.9 Å². The van der Waals surface area contributed by atoms with Gasteiger partial charge in [-0.1, -0.05) is 71.4 Å². The van der Waals surface area contributed by atoms with E-state index >= 15 is 0 Å². The number of allylic oxidation sites excluding steroid dienone is 3. The molecule has 0 radical (unpaired) electrons. The van der Waals surface area contributed by atoms with Crippen LogP contribution in [-0.4, -0.2) is 86.5 Å². The molecule has 0 spiro atoms. The summed E-state index contributed by atoms with van der Waals surface area (Å²) in [6.07, 6.45) is 8.71. The quantitative estimate of drug-likeness (QED) is 0.110. The predicted molar refractivity (Wildman–Crippen MR) is 158 cm³/mol. The minimum Gasteiger partial charge on any atom is -0.458 e. The zero-order chi connectivity index (χ0) is 32.0. The van der Waals surface area contributed by atoms with Gasteiger partial charge in [-0.15, -0.1) is 0 Å². The molecule has 0 aromatic rings. The molecule has 10 heteroatoms. The molecule has 6 aliphatic rings. The molecule has 1 unspecified atom stereocenters. The van der Waals surface area contributed by atoms with Crippen LogP contribution in [0, 0.1) is 23.7 Å². The maximum atomic E-state index is 13.7. The lowest BCUT2D eigenvalue weighted by molar-refractivity contribution is -0.407. The fraction of sp³-hybridized carbons (Fsp3) is 0.706. The number of carbonyl (C=O) groups is 2. The van der Waals surface area contributed by atoms with Gasteiger partial charge in [-0.05, 0) is 37.8 Å². The molecule has 0 aromatic carbocycles. The van der Waals surface area contributed by atoms with Gasteiger partial charge < -0.3 is 39.0 Å². The van der Waals surface area contributed by atoms with Gasteiger partial charge in [-0.25, -0.2) is 0 Å². The van der Waals surface area contributed by atoms with Crippen LogP contribution >= 0.6 is 0 Å². The van der Waals surface area contributed by atoms with Crippen LogP contribution in [0.4, 0.5) is 0 Å². The molecule has 0 aromatic heterocycles. The fourth-order valence-electron chi connectivity index (χ4n) is 8.75.